The molecule has 12 heteroatoms. The fourth-order valence-corrected chi connectivity index (χ4v) is 12.7. The predicted octanol–water partition coefficient (Wildman–Crippen LogP) is 3.68. The number of β-amino-alcohol motifs (C(OH)–C–C–N with tert-alkyl or cyclic N) is 1. The van der Waals surface area contributed by atoms with E-state index in [-0.39, 0.29) is 12.0 Å². The van der Waals surface area contributed by atoms with Crippen LogP contribution < -0.4 is 20.3 Å². The molecular weight excluding hydrogens is 723 g/mol. The van der Waals surface area contributed by atoms with Crippen molar-refractivity contribution in [2.24, 2.45) is 11.3 Å². The molecule has 5 aliphatic rings. The Bertz CT molecular complexity index is 2100. The number of nitrogens with zero attached hydrogens (tertiary/aromatic N) is 2. The highest BCUT2D eigenvalue weighted by Crippen LogP contribution is 2.67. The van der Waals surface area contributed by atoms with E-state index >= 15 is 4.79 Å². The normalized spacial score (nSPS) is 36.1. The lowest BCUT2D eigenvalue weighted by Gasteiger charge is -2.63. The van der Waals surface area contributed by atoms with E-state index in [0.29, 0.717) is 82.4 Å². The van der Waals surface area contributed by atoms with Crippen LogP contribution in [0.3, 0.4) is 0 Å². The largest absolute Gasteiger partial charge is 0.496 e. The second kappa shape index (κ2) is 14.1. The molecule has 2 aromatic carbocycles. The molecule has 12 nitrogen and oxygen atoms in total. The van der Waals surface area contributed by atoms with Gasteiger partial charge in [-0.15, -0.1) is 0 Å². The van der Waals surface area contributed by atoms with Gasteiger partial charge >= 0.3 is 5.97 Å². The van der Waals surface area contributed by atoms with Crippen LogP contribution in [0.25, 0.3) is 10.9 Å². The third kappa shape index (κ3) is 5.22. The lowest BCUT2D eigenvalue weighted by Crippen LogP contribution is -2.81. The third-order valence-electron chi connectivity index (χ3n) is 15.3. The summed E-state index contributed by atoms with van der Waals surface area (Å²) in [5.74, 6) is -0.698. The van der Waals surface area contributed by atoms with Crippen LogP contribution in [0.15, 0.2) is 48.6 Å². The summed E-state index contributed by atoms with van der Waals surface area (Å²) in [6.07, 6.45) is 6.49. The summed E-state index contributed by atoms with van der Waals surface area (Å²) in [5.41, 5.74) is -1.39. The number of ether oxygens (including phenoxy) is 2. The molecule has 9 atom stereocenters. The molecule has 1 aromatic heterocycles. The Hall–Kier alpha value is -3.94. The van der Waals surface area contributed by atoms with Crippen molar-refractivity contribution in [3.8, 4) is 5.75 Å². The smallest absolute Gasteiger partial charge is 0.322 e. The highest BCUT2D eigenvalue weighted by Gasteiger charge is 2.78. The van der Waals surface area contributed by atoms with Crippen LogP contribution in [-0.4, -0.2) is 121 Å². The molecule has 9 unspecified atom stereocenters. The Morgan fingerprint density at radius 3 is 2.49 bits per heavy atom. The highest BCUT2D eigenvalue weighted by molar-refractivity contribution is 5.95. The van der Waals surface area contributed by atoms with Gasteiger partial charge in [0, 0.05) is 78.0 Å². The van der Waals surface area contributed by atoms with Gasteiger partial charge in [-0.25, -0.2) is 0 Å². The van der Waals surface area contributed by atoms with Gasteiger partial charge < -0.3 is 45.3 Å². The second-order valence-electron chi connectivity index (χ2n) is 17.6. The molecule has 1 spiro atoms. The van der Waals surface area contributed by atoms with Crippen LogP contribution in [0.4, 0.5) is 5.69 Å². The number of likely N-dealkylation sites (N-methyl/N-ethyl adjacent to an activating group) is 2. The van der Waals surface area contributed by atoms with E-state index in [4.69, 9.17) is 9.47 Å². The number of rotatable bonds is 7. The van der Waals surface area contributed by atoms with Crippen molar-refractivity contribution in [1.82, 2.24) is 20.5 Å². The SMILES string of the molecule is CCC1CC(O)(CC)CNCCc2c([nH]c3ccccc23)C(C(=O)OC)(c2cc3c(cc2OC)N(C)C2C(O)(C(=O)NC)C(O)C4(CC)C=CCN5CCC32C54)C1. The van der Waals surface area contributed by atoms with Crippen molar-refractivity contribution in [3.05, 3.63) is 70.9 Å². The highest BCUT2D eigenvalue weighted by atomic mass is 16.5. The molecule has 2 fully saturated rings. The molecule has 0 bridgehead atoms. The lowest BCUT2D eigenvalue weighted by molar-refractivity contribution is -0.203. The number of amides is 1. The summed E-state index contributed by atoms with van der Waals surface area (Å²) in [5, 5.41) is 44.8. The minimum Gasteiger partial charge on any atom is -0.496 e. The van der Waals surface area contributed by atoms with Crippen molar-refractivity contribution >= 4 is 28.5 Å². The Kier molecular flexibility index (Phi) is 9.87. The van der Waals surface area contributed by atoms with Gasteiger partial charge in [0.2, 0.25) is 0 Å². The average Bonchev–Trinajstić information content (AvgIpc) is 3.88. The molecule has 1 saturated carbocycles. The lowest BCUT2D eigenvalue weighted by atomic mass is 9.47. The Morgan fingerprint density at radius 2 is 1.81 bits per heavy atom. The van der Waals surface area contributed by atoms with Crippen LogP contribution in [0, 0.1) is 11.3 Å². The Morgan fingerprint density at radius 1 is 1.04 bits per heavy atom. The number of nitrogens with one attached hydrogen (secondary N) is 3. The first-order valence-corrected chi connectivity index (χ1v) is 20.9. The quantitative estimate of drug-likeness (QED) is 0.154. The van der Waals surface area contributed by atoms with Gasteiger partial charge in [0.15, 0.2) is 5.60 Å². The molecule has 1 amide bonds. The number of esters is 1. The third-order valence-corrected chi connectivity index (χ3v) is 15.3. The molecule has 5 heterocycles. The average molecular weight is 784 g/mol. The number of para-hydroxylation sites is 1. The van der Waals surface area contributed by atoms with Gasteiger partial charge in [-0.1, -0.05) is 57.5 Å². The number of aromatic nitrogens is 1. The van der Waals surface area contributed by atoms with Crippen LogP contribution in [0.5, 0.6) is 5.75 Å². The van der Waals surface area contributed by atoms with Crippen LogP contribution >= 0.6 is 0 Å². The number of fused-ring (bicyclic) bond motifs is 4. The Balaban J connectivity index is 1.47. The maximum absolute atomic E-state index is 15.3. The number of methoxy groups -OCH3 is 2. The zero-order valence-electron chi connectivity index (χ0n) is 34.6. The Labute approximate surface area is 336 Å². The zero-order chi connectivity index (χ0) is 40.7. The van der Waals surface area contributed by atoms with Gasteiger partial charge in [-0.05, 0) is 80.8 Å². The number of hydrogen-bond donors (Lipinski definition) is 6. The molecule has 57 heavy (non-hydrogen) atoms. The van der Waals surface area contributed by atoms with E-state index in [1.807, 2.05) is 56.1 Å². The zero-order valence-corrected chi connectivity index (χ0v) is 34.6. The number of carbonyl (C=O) groups is 2. The molecule has 1 aliphatic carbocycles. The number of H-pyrrole nitrogens is 1. The van der Waals surface area contributed by atoms with E-state index in [9.17, 15) is 20.1 Å². The van der Waals surface area contributed by atoms with Crippen molar-refractivity contribution in [3.63, 3.8) is 0 Å². The van der Waals surface area contributed by atoms with Gasteiger partial charge in [0.25, 0.3) is 5.91 Å². The second-order valence-corrected chi connectivity index (χ2v) is 17.6. The number of aliphatic hydroxyl groups excluding tert-OH is 1. The number of carbonyl (C=O) groups excluding carboxylic acids is 2. The van der Waals surface area contributed by atoms with Gasteiger partial charge in [0.05, 0.1) is 25.9 Å². The minimum atomic E-state index is -2.19. The van der Waals surface area contributed by atoms with Gasteiger partial charge in [0.1, 0.15) is 17.3 Å². The van der Waals surface area contributed by atoms with Crippen LogP contribution in [0.1, 0.15) is 81.7 Å². The van der Waals surface area contributed by atoms with Crippen LogP contribution in [-0.2, 0) is 31.6 Å². The molecule has 6 N–H and O–H groups in total. The topological polar surface area (TPSA) is 160 Å². The van der Waals surface area contributed by atoms with Crippen molar-refractivity contribution in [2.45, 2.75) is 106 Å². The summed E-state index contributed by atoms with van der Waals surface area (Å²) in [7, 11) is 6.45. The standard InChI is InChI=1S/C45H61N5O7/c1-8-27-24-41(54,9-2)26-47-19-16-29-28-14-11-12-15-32(28)48-35(29)44(25-27,40(53)57-7)31-22-30-33(23-34(31)56-6)49(5)37-43(30)18-21-50-20-13-17-42(10-3,36(43)50)38(51)45(37,55)39(52)46-4/h11-15,17,22-23,27,36-38,47-48,51,54-55H,8-10,16,18-21,24-26H2,1-7H3,(H,46,52). The fraction of sp³-hybridized carbons (Fsp3) is 0.600. The minimum absolute atomic E-state index is 0.110. The van der Waals surface area contributed by atoms with Crippen molar-refractivity contribution in [1.29, 1.82) is 0 Å². The monoisotopic (exact) mass is 783 g/mol. The van der Waals surface area contributed by atoms with E-state index in [1.165, 1.54) is 14.2 Å². The summed E-state index contributed by atoms with van der Waals surface area (Å²) >= 11 is 0. The first-order valence-electron chi connectivity index (χ1n) is 20.9. The number of benzene rings is 2. The van der Waals surface area contributed by atoms with E-state index in [2.05, 4.69) is 45.6 Å². The maximum atomic E-state index is 15.3. The predicted molar refractivity (Wildman–Crippen MR) is 220 cm³/mol. The summed E-state index contributed by atoms with van der Waals surface area (Å²) in [6.45, 7) is 8.56. The van der Waals surface area contributed by atoms with Gasteiger partial charge in [-0.3, -0.25) is 14.5 Å². The summed E-state index contributed by atoms with van der Waals surface area (Å²) < 4.78 is 12.3. The number of hydrogen-bond acceptors (Lipinski definition) is 10. The number of aliphatic hydroxyl groups is 3. The molecule has 8 rings (SSSR count). The van der Waals surface area contributed by atoms with Crippen molar-refractivity contribution < 1.29 is 34.4 Å². The molecule has 4 aliphatic heterocycles. The van der Waals surface area contributed by atoms with E-state index in [1.54, 1.807) is 7.11 Å². The number of aromatic amines is 1. The molecule has 3 aromatic rings. The first kappa shape index (κ1) is 39.9. The number of anilines is 1. The summed E-state index contributed by atoms with van der Waals surface area (Å²) in [6, 6.07) is 11.1. The maximum Gasteiger partial charge on any atom is 0.322 e. The summed E-state index contributed by atoms with van der Waals surface area (Å²) in [4.78, 5) is 37.6. The first-order chi connectivity index (χ1) is 27.3. The van der Waals surface area contributed by atoms with Gasteiger partial charge in [-0.2, -0.15) is 0 Å². The molecule has 0 radical (unpaired) electrons. The van der Waals surface area contributed by atoms with E-state index in [0.717, 1.165) is 33.4 Å². The fourth-order valence-electron chi connectivity index (χ4n) is 12.7. The molecule has 1 saturated heterocycles. The molecular formula is C45H61N5O7. The van der Waals surface area contributed by atoms with Crippen molar-refractivity contribution in [2.75, 3.05) is 59.4 Å². The van der Waals surface area contributed by atoms with Crippen LogP contribution in [0.2, 0.25) is 0 Å². The van der Waals surface area contributed by atoms with E-state index < -0.39 is 51.5 Å². The molecule has 308 valence electrons.